The highest BCUT2D eigenvalue weighted by atomic mass is 16.6. The highest BCUT2D eigenvalue weighted by molar-refractivity contribution is 5.88. The lowest BCUT2D eigenvalue weighted by atomic mass is 9.44. The minimum atomic E-state index is -0.432. The minimum Gasteiger partial charge on any atom is -0.455 e. The molecule has 0 saturated heterocycles. The minimum absolute atomic E-state index is 0.156. The van der Waals surface area contributed by atoms with Gasteiger partial charge in [-0.15, -0.1) is 0 Å². The van der Waals surface area contributed by atoms with Crippen LogP contribution < -0.4 is 0 Å². The summed E-state index contributed by atoms with van der Waals surface area (Å²) in [7, 11) is 0. The summed E-state index contributed by atoms with van der Waals surface area (Å²) in [6.07, 6.45) is 12.4. The molecule has 8 aliphatic carbocycles. The van der Waals surface area contributed by atoms with Gasteiger partial charge in [0.1, 0.15) is 11.2 Å². The molecule has 0 aromatic heterocycles. The molecular formula is C33H48O4. The van der Waals surface area contributed by atoms with Crippen LogP contribution in [0.1, 0.15) is 98.3 Å². The van der Waals surface area contributed by atoms with Gasteiger partial charge in [-0.2, -0.15) is 0 Å². The van der Waals surface area contributed by atoms with Crippen LogP contribution in [0.2, 0.25) is 0 Å². The van der Waals surface area contributed by atoms with E-state index in [9.17, 15) is 9.59 Å². The number of carbonyl (C=O) groups excluding carboxylic acids is 2. The fourth-order valence-electron chi connectivity index (χ4n) is 11.3. The van der Waals surface area contributed by atoms with Gasteiger partial charge in [0.05, 0.1) is 0 Å². The van der Waals surface area contributed by atoms with Crippen molar-refractivity contribution in [3.8, 4) is 0 Å². The van der Waals surface area contributed by atoms with Crippen molar-refractivity contribution in [2.75, 3.05) is 0 Å². The van der Waals surface area contributed by atoms with E-state index in [0.717, 1.165) is 37.0 Å². The van der Waals surface area contributed by atoms with Crippen LogP contribution in [0.4, 0.5) is 0 Å². The Bertz CT molecular complexity index is 964. The summed E-state index contributed by atoms with van der Waals surface area (Å²) < 4.78 is 13.0. The fourth-order valence-corrected chi connectivity index (χ4v) is 11.3. The van der Waals surface area contributed by atoms with E-state index in [1.165, 1.54) is 44.9 Å². The molecule has 6 unspecified atom stereocenters. The summed E-state index contributed by atoms with van der Waals surface area (Å²) in [5.74, 6) is 4.99. The van der Waals surface area contributed by atoms with Crippen molar-refractivity contribution in [3.05, 3.63) is 24.3 Å². The molecule has 8 saturated carbocycles. The van der Waals surface area contributed by atoms with E-state index in [1.54, 1.807) is 6.92 Å². The second-order valence-electron chi connectivity index (χ2n) is 14.5. The lowest BCUT2D eigenvalue weighted by Crippen LogP contribution is -2.63. The topological polar surface area (TPSA) is 52.6 Å². The van der Waals surface area contributed by atoms with Gasteiger partial charge in [-0.3, -0.25) is 0 Å². The molecule has 8 fully saturated rings. The van der Waals surface area contributed by atoms with Gasteiger partial charge in [0, 0.05) is 17.1 Å². The summed E-state index contributed by atoms with van der Waals surface area (Å²) in [6, 6.07) is 0. The first-order chi connectivity index (χ1) is 17.6. The standard InChI is InChI=1S/C33H48O4/c1-7-32(36-30(34)18(2)3)25-11-23-10-24(17-25)28(29(32)16-23)8-20(6)31(35)37-33(19(4)5)26-12-21-9-22(14-26)15-27(33)13-21/h19,21-29H,2,6-17H2,1,3-5H3. The van der Waals surface area contributed by atoms with E-state index in [0.29, 0.717) is 59.0 Å². The van der Waals surface area contributed by atoms with Crippen LogP contribution in [-0.2, 0) is 19.1 Å². The summed E-state index contributed by atoms with van der Waals surface area (Å²) in [5.41, 5.74) is 0.365. The number of carbonyl (C=O) groups is 2. The van der Waals surface area contributed by atoms with Gasteiger partial charge in [-0.25, -0.2) is 9.59 Å². The van der Waals surface area contributed by atoms with Crippen molar-refractivity contribution >= 4 is 11.9 Å². The molecule has 204 valence electrons. The summed E-state index contributed by atoms with van der Waals surface area (Å²) in [6.45, 7) is 16.6. The zero-order chi connectivity index (χ0) is 26.3. The number of ether oxygens (including phenoxy) is 2. The number of esters is 2. The SMILES string of the molecule is C=C(C)C(=O)OC1(CC)C2CC3CC(C2)C(CC(=C)C(=O)OC2(C(C)C)C4CC5CC(C4)CC2C5)C1C3. The average Bonchev–Trinajstić information content (AvgIpc) is 2.84. The van der Waals surface area contributed by atoms with Crippen molar-refractivity contribution < 1.29 is 19.1 Å². The summed E-state index contributed by atoms with van der Waals surface area (Å²) >= 11 is 0. The van der Waals surface area contributed by atoms with Crippen LogP contribution in [0.5, 0.6) is 0 Å². The molecule has 0 amide bonds. The van der Waals surface area contributed by atoms with Crippen LogP contribution in [0.3, 0.4) is 0 Å². The second kappa shape index (κ2) is 8.98. The summed E-state index contributed by atoms with van der Waals surface area (Å²) in [5, 5.41) is 0. The Labute approximate surface area is 224 Å². The Morgan fingerprint density at radius 3 is 1.97 bits per heavy atom. The Kier molecular flexibility index (Phi) is 6.24. The maximum atomic E-state index is 13.8. The van der Waals surface area contributed by atoms with Gasteiger partial charge >= 0.3 is 11.9 Å². The first kappa shape index (κ1) is 25.7. The van der Waals surface area contributed by atoms with E-state index in [2.05, 4.69) is 33.9 Å². The third kappa shape index (κ3) is 3.81. The highest BCUT2D eigenvalue weighted by Crippen LogP contribution is 2.65. The average molecular weight is 509 g/mol. The smallest absolute Gasteiger partial charge is 0.333 e. The first-order valence-electron chi connectivity index (χ1n) is 15.4. The molecule has 8 bridgehead atoms. The monoisotopic (exact) mass is 508 g/mol. The quantitative estimate of drug-likeness (QED) is 0.255. The predicted molar refractivity (Wildman–Crippen MR) is 144 cm³/mol. The number of hydrogen-bond donors (Lipinski definition) is 0. The molecule has 4 heteroatoms. The summed E-state index contributed by atoms with van der Waals surface area (Å²) in [4.78, 5) is 26.6. The van der Waals surface area contributed by atoms with E-state index in [1.807, 2.05) is 0 Å². The lowest BCUT2D eigenvalue weighted by molar-refractivity contribution is -0.227. The molecule has 8 aliphatic rings. The molecule has 0 aromatic carbocycles. The zero-order valence-electron chi connectivity index (χ0n) is 23.6. The highest BCUT2D eigenvalue weighted by Gasteiger charge is 2.63. The molecule has 0 heterocycles. The third-order valence-electron chi connectivity index (χ3n) is 12.4. The molecule has 0 spiro atoms. The van der Waals surface area contributed by atoms with Crippen LogP contribution in [0.25, 0.3) is 0 Å². The normalized spacial score (nSPS) is 46.8. The van der Waals surface area contributed by atoms with Gasteiger partial charge in [0.15, 0.2) is 0 Å². The molecule has 0 aromatic rings. The maximum Gasteiger partial charge on any atom is 0.333 e. The number of rotatable bonds is 8. The van der Waals surface area contributed by atoms with E-state index >= 15 is 0 Å². The lowest BCUT2D eigenvalue weighted by Gasteiger charge is -2.63. The molecule has 0 radical (unpaired) electrons. The molecule has 0 aliphatic heterocycles. The van der Waals surface area contributed by atoms with E-state index in [4.69, 9.17) is 9.47 Å². The molecule has 0 N–H and O–H groups in total. The molecular weight excluding hydrogens is 460 g/mol. The van der Waals surface area contributed by atoms with Gasteiger partial charge in [0.2, 0.25) is 0 Å². The van der Waals surface area contributed by atoms with Crippen molar-refractivity contribution in [1.29, 1.82) is 0 Å². The van der Waals surface area contributed by atoms with E-state index in [-0.39, 0.29) is 17.5 Å². The Hall–Kier alpha value is -1.58. The van der Waals surface area contributed by atoms with Crippen molar-refractivity contribution in [1.82, 2.24) is 0 Å². The van der Waals surface area contributed by atoms with Crippen LogP contribution >= 0.6 is 0 Å². The largest absolute Gasteiger partial charge is 0.455 e. The van der Waals surface area contributed by atoms with Crippen molar-refractivity contribution in [2.45, 2.75) is 110 Å². The fraction of sp³-hybridized carbons (Fsp3) is 0.818. The van der Waals surface area contributed by atoms with Crippen molar-refractivity contribution in [3.63, 3.8) is 0 Å². The Balaban J connectivity index is 1.21. The molecule has 37 heavy (non-hydrogen) atoms. The van der Waals surface area contributed by atoms with Crippen LogP contribution in [-0.4, -0.2) is 23.1 Å². The molecule has 6 atom stereocenters. The van der Waals surface area contributed by atoms with Gasteiger partial charge in [0.25, 0.3) is 0 Å². The Morgan fingerprint density at radius 2 is 1.41 bits per heavy atom. The second-order valence-corrected chi connectivity index (χ2v) is 14.5. The van der Waals surface area contributed by atoms with Gasteiger partial charge in [-0.1, -0.05) is 33.9 Å². The maximum absolute atomic E-state index is 13.8. The molecule has 8 rings (SSSR count). The van der Waals surface area contributed by atoms with Gasteiger partial charge in [-0.05, 0) is 131 Å². The predicted octanol–water partition coefficient (Wildman–Crippen LogP) is 7.28. The Morgan fingerprint density at radius 1 is 0.811 bits per heavy atom. The van der Waals surface area contributed by atoms with Crippen LogP contribution in [0, 0.1) is 59.2 Å². The number of hydrogen-bond acceptors (Lipinski definition) is 4. The third-order valence-corrected chi connectivity index (χ3v) is 12.4. The zero-order valence-corrected chi connectivity index (χ0v) is 23.6. The first-order valence-corrected chi connectivity index (χ1v) is 15.4. The van der Waals surface area contributed by atoms with Gasteiger partial charge < -0.3 is 9.47 Å². The van der Waals surface area contributed by atoms with E-state index < -0.39 is 5.60 Å². The van der Waals surface area contributed by atoms with Crippen LogP contribution in [0.15, 0.2) is 24.3 Å². The molecule has 4 nitrogen and oxygen atoms in total. The van der Waals surface area contributed by atoms with Crippen molar-refractivity contribution in [2.24, 2.45) is 59.2 Å².